The number of hydrogen-bond acceptors (Lipinski definition) is 2. The molecule has 1 heterocycles. The minimum atomic E-state index is -0.411. The maximum absolute atomic E-state index is 9.29. The first-order valence-corrected chi connectivity index (χ1v) is 5.92. The quantitative estimate of drug-likeness (QED) is 0.851. The van der Waals surface area contributed by atoms with Crippen LogP contribution in [0.25, 0.3) is 0 Å². The number of fused-ring (bicyclic) bond motifs is 1. The zero-order chi connectivity index (χ0) is 11.1. The lowest BCUT2D eigenvalue weighted by Gasteiger charge is -2.35. The first-order valence-electron chi connectivity index (χ1n) is 5.13. The summed E-state index contributed by atoms with van der Waals surface area (Å²) in [5.74, 6) is 0.945. The first-order chi connectivity index (χ1) is 7.04. The van der Waals surface area contributed by atoms with Gasteiger partial charge in [-0.3, -0.25) is 0 Å². The van der Waals surface area contributed by atoms with E-state index in [-0.39, 0.29) is 6.61 Å². The van der Waals surface area contributed by atoms with Gasteiger partial charge in [-0.05, 0) is 49.9 Å². The summed E-state index contributed by atoms with van der Waals surface area (Å²) < 4.78 is 6.98. The number of hydrogen-bond donors (Lipinski definition) is 1. The monoisotopic (exact) mass is 270 g/mol. The summed E-state index contributed by atoms with van der Waals surface area (Å²) >= 11 is 3.48. The predicted molar refractivity (Wildman–Crippen MR) is 63.3 cm³/mol. The molecule has 0 saturated heterocycles. The molecule has 1 aliphatic rings. The average molecular weight is 271 g/mol. The third-order valence-corrected chi connectivity index (χ3v) is 3.38. The zero-order valence-electron chi connectivity index (χ0n) is 9.01. The number of rotatable bonds is 1. The predicted octanol–water partition coefficient (Wildman–Crippen LogP) is 2.83. The van der Waals surface area contributed by atoms with Crippen LogP contribution in [-0.4, -0.2) is 17.3 Å². The summed E-state index contributed by atoms with van der Waals surface area (Å²) in [6, 6.07) is 4.14. The minimum Gasteiger partial charge on any atom is -0.485 e. The van der Waals surface area contributed by atoms with Gasteiger partial charge in [-0.1, -0.05) is 15.9 Å². The lowest BCUT2D eigenvalue weighted by atomic mass is 9.92. The molecule has 2 nitrogen and oxygen atoms in total. The SMILES string of the molecule is Cc1cc(Br)cc2c1OC(C)(CO)CC2. The molecule has 0 radical (unpaired) electrons. The van der Waals surface area contributed by atoms with Crippen LogP contribution in [0.1, 0.15) is 24.5 Å². The smallest absolute Gasteiger partial charge is 0.129 e. The third-order valence-electron chi connectivity index (χ3n) is 2.92. The van der Waals surface area contributed by atoms with Gasteiger partial charge in [0.25, 0.3) is 0 Å². The maximum Gasteiger partial charge on any atom is 0.129 e. The van der Waals surface area contributed by atoms with Crippen LogP contribution in [0.3, 0.4) is 0 Å². The Balaban J connectivity index is 2.42. The van der Waals surface area contributed by atoms with Gasteiger partial charge in [-0.2, -0.15) is 0 Å². The van der Waals surface area contributed by atoms with E-state index in [9.17, 15) is 5.11 Å². The summed E-state index contributed by atoms with van der Waals surface area (Å²) in [5, 5.41) is 9.29. The van der Waals surface area contributed by atoms with Crippen molar-refractivity contribution in [1.82, 2.24) is 0 Å². The molecule has 15 heavy (non-hydrogen) atoms. The molecule has 1 aromatic carbocycles. The van der Waals surface area contributed by atoms with Crippen LogP contribution in [0.2, 0.25) is 0 Å². The number of aryl methyl sites for hydroxylation is 2. The van der Waals surface area contributed by atoms with Gasteiger partial charge in [0.15, 0.2) is 0 Å². The van der Waals surface area contributed by atoms with Crippen LogP contribution in [0.4, 0.5) is 0 Å². The van der Waals surface area contributed by atoms with Gasteiger partial charge in [0, 0.05) is 4.47 Å². The highest BCUT2D eigenvalue weighted by Crippen LogP contribution is 2.37. The van der Waals surface area contributed by atoms with Crippen LogP contribution in [-0.2, 0) is 6.42 Å². The maximum atomic E-state index is 9.29. The summed E-state index contributed by atoms with van der Waals surface area (Å²) in [6.45, 7) is 4.06. The molecule has 0 aromatic heterocycles. The normalized spacial score (nSPS) is 24.5. The highest BCUT2D eigenvalue weighted by Gasteiger charge is 2.31. The van der Waals surface area contributed by atoms with Gasteiger partial charge in [0.05, 0.1) is 6.61 Å². The van der Waals surface area contributed by atoms with E-state index in [1.54, 1.807) is 0 Å². The van der Waals surface area contributed by atoms with Crippen molar-refractivity contribution >= 4 is 15.9 Å². The van der Waals surface area contributed by atoms with Crippen LogP contribution < -0.4 is 4.74 Å². The second-order valence-corrected chi connectivity index (χ2v) is 5.34. The van der Waals surface area contributed by atoms with Crippen molar-refractivity contribution in [2.45, 2.75) is 32.3 Å². The Labute approximate surface area is 98.4 Å². The van der Waals surface area contributed by atoms with Crippen molar-refractivity contribution < 1.29 is 9.84 Å². The van der Waals surface area contributed by atoms with Crippen LogP contribution >= 0.6 is 15.9 Å². The first kappa shape index (κ1) is 11.0. The van der Waals surface area contributed by atoms with Crippen molar-refractivity contribution in [2.75, 3.05) is 6.61 Å². The second-order valence-electron chi connectivity index (χ2n) is 4.42. The number of halogens is 1. The third kappa shape index (κ3) is 2.04. The topological polar surface area (TPSA) is 29.5 Å². The summed E-state index contributed by atoms with van der Waals surface area (Å²) in [4.78, 5) is 0. The van der Waals surface area contributed by atoms with Crippen molar-refractivity contribution in [3.63, 3.8) is 0 Å². The fourth-order valence-corrected chi connectivity index (χ4v) is 2.56. The summed E-state index contributed by atoms with van der Waals surface area (Å²) in [7, 11) is 0. The van der Waals surface area contributed by atoms with Gasteiger partial charge in [0.1, 0.15) is 11.4 Å². The van der Waals surface area contributed by atoms with Crippen LogP contribution in [0.5, 0.6) is 5.75 Å². The number of aliphatic hydroxyl groups excluding tert-OH is 1. The molecular weight excluding hydrogens is 256 g/mol. The Morgan fingerprint density at radius 1 is 1.53 bits per heavy atom. The summed E-state index contributed by atoms with van der Waals surface area (Å²) in [5.41, 5.74) is 1.94. The zero-order valence-corrected chi connectivity index (χ0v) is 10.6. The summed E-state index contributed by atoms with van der Waals surface area (Å²) in [6.07, 6.45) is 1.83. The van der Waals surface area contributed by atoms with E-state index < -0.39 is 5.60 Å². The van der Waals surface area contributed by atoms with Crippen LogP contribution in [0.15, 0.2) is 16.6 Å². The number of benzene rings is 1. The van der Waals surface area contributed by atoms with Crippen molar-refractivity contribution in [3.05, 3.63) is 27.7 Å². The van der Waals surface area contributed by atoms with E-state index in [1.807, 2.05) is 19.9 Å². The Morgan fingerprint density at radius 3 is 2.93 bits per heavy atom. The van der Waals surface area contributed by atoms with Gasteiger partial charge in [-0.25, -0.2) is 0 Å². The minimum absolute atomic E-state index is 0.0714. The molecule has 2 rings (SSSR count). The molecule has 0 spiro atoms. The Hall–Kier alpha value is -0.540. The molecule has 0 saturated carbocycles. The van der Waals surface area contributed by atoms with E-state index in [4.69, 9.17) is 4.74 Å². The molecule has 1 atom stereocenters. The molecule has 1 N–H and O–H groups in total. The Morgan fingerprint density at radius 2 is 2.27 bits per heavy atom. The molecule has 0 amide bonds. The van der Waals surface area contributed by atoms with E-state index >= 15 is 0 Å². The van der Waals surface area contributed by atoms with E-state index in [1.165, 1.54) is 5.56 Å². The standard InChI is InChI=1S/C12H15BrO2/c1-8-5-10(13)6-9-3-4-12(2,7-14)15-11(8)9/h5-6,14H,3-4,7H2,1-2H3. The van der Waals surface area contributed by atoms with E-state index in [0.717, 1.165) is 28.6 Å². The fraction of sp³-hybridized carbons (Fsp3) is 0.500. The average Bonchev–Trinajstić information content (AvgIpc) is 2.20. The molecular formula is C12H15BrO2. The molecule has 0 fully saturated rings. The molecule has 82 valence electrons. The van der Waals surface area contributed by atoms with Gasteiger partial charge in [-0.15, -0.1) is 0 Å². The second kappa shape index (κ2) is 3.80. The van der Waals surface area contributed by atoms with Crippen molar-refractivity contribution in [3.8, 4) is 5.75 Å². The number of ether oxygens (including phenoxy) is 1. The molecule has 1 aromatic rings. The largest absolute Gasteiger partial charge is 0.485 e. The van der Waals surface area contributed by atoms with Crippen molar-refractivity contribution in [2.24, 2.45) is 0 Å². The molecule has 1 unspecified atom stereocenters. The van der Waals surface area contributed by atoms with Gasteiger partial charge >= 0.3 is 0 Å². The van der Waals surface area contributed by atoms with Crippen LogP contribution in [0, 0.1) is 6.92 Å². The highest BCUT2D eigenvalue weighted by atomic mass is 79.9. The van der Waals surface area contributed by atoms with Crippen molar-refractivity contribution in [1.29, 1.82) is 0 Å². The molecule has 3 heteroatoms. The molecule has 1 aliphatic heterocycles. The van der Waals surface area contributed by atoms with E-state index in [0.29, 0.717) is 0 Å². The number of aliphatic hydroxyl groups is 1. The lowest BCUT2D eigenvalue weighted by molar-refractivity contribution is 0.00747. The molecule has 0 bridgehead atoms. The Bertz CT molecular complexity index is 389. The Kier molecular flexibility index (Phi) is 2.77. The van der Waals surface area contributed by atoms with Gasteiger partial charge < -0.3 is 9.84 Å². The van der Waals surface area contributed by atoms with E-state index in [2.05, 4.69) is 22.0 Å². The van der Waals surface area contributed by atoms with Gasteiger partial charge in [0.2, 0.25) is 0 Å². The molecule has 0 aliphatic carbocycles. The fourth-order valence-electron chi connectivity index (χ4n) is 1.94. The lowest BCUT2D eigenvalue weighted by Crippen LogP contribution is -2.40. The highest BCUT2D eigenvalue weighted by molar-refractivity contribution is 9.10.